The molecule has 1 fully saturated rings. The van der Waals surface area contributed by atoms with E-state index in [1.807, 2.05) is 50.0 Å². The Bertz CT molecular complexity index is 461. The van der Waals surface area contributed by atoms with Crippen molar-refractivity contribution >= 4 is 17.7 Å². The first-order valence-electron chi connectivity index (χ1n) is 7.46. The molecule has 0 radical (unpaired) electrons. The molecule has 1 heterocycles. The van der Waals surface area contributed by atoms with Gasteiger partial charge in [-0.15, -0.1) is 0 Å². The smallest absolute Gasteiger partial charge is 0.224 e. The van der Waals surface area contributed by atoms with Crippen molar-refractivity contribution in [2.45, 2.75) is 25.9 Å². The summed E-state index contributed by atoms with van der Waals surface area (Å²) < 4.78 is 5.61. The van der Waals surface area contributed by atoms with Crippen LogP contribution in [0.25, 0.3) is 0 Å². The van der Waals surface area contributed by atoms with E-state index in [-0.39, 0.29) is 5.91 Å². The Morgan fingerprint density at radius 2 is 2.29 bits per heavy atom. The van der Waals surface area contributed by atoms with Crippen LogP contribution in [0.1, 0.15) is 18.9 Å². The van der Waals surface area contributed by atoms with Gasteiger partial charge in [-0.3, -0.25) is 4.79 Å². The van der Waals surface area contributed by atoms with Gasteiger partial charge in [0.1, 0.15) is 5.75 Å². The predicted octanol–water partition coefficient (Wildman–Crippen LogP) is 2.14. The summed E-state index contributed by atoms with van der Waals surface area (Å²) in [6.45, 7) is 4.20. The second-order valence-corrected chi connectivity index (χ2v) is 6.37. The quantitative estimate of drug-likeness (QED) is 0.874. The molecule has 0 aliphatic carbocycles. The molecule has 1 atom stereocenters. The number of carbonyl (C=O) groups excluding carboxylic acids is 1. The zero-order valence-corrected chi connectivity index (χ0v) is 13.6. The van der Waals surface area contributed by atoms with E-state index in [1.165, 1.54) is 0 Å². The topological polar surface area (TPSA) is 41.6 Å². The standard InChI is InChI=1S/C16H24N2O2S/c1-3-20-15-7-5-4-6-13(15)11-18(2)16(19)10-14-12-21-9-8-17-14/h4-7,14,17H,3,8-12H2,1-2H3. The molecule has 21 heavy (non-hydrogen) atoms. The van der Waals surface area contributed by atoms with Crippen LogP contribution < -0.4 is 10.1 Å². The van der Waals surface area contributed by atoms with Crippen LogP contribution in [0.2, 0.25) is 0 Å². The molecule has 0 saturated carbocycles. The van der Waals surface area contributed by atoms with Gasteiger partial charge in [0.2, 0.25) is 5.91 Å². The van der Waals surface area contributed by atoms with Crippen molar-refractivity contribution in [1.82, 2.24) is 10.2 Å². The third-order valence-electron chi connectivity index (χ3n) is 3.53. The van der Waals surface area contributed by atoms with Crippen molar-refractivity contribution in [2.24, 2.45) is 0 Å². The van der Waals surface area contributed by atoms with Gasteiger partial charge >= 0.3 is 0 Å². The highest BCUT2D eigenvalue weighted by atomic mass is 32.2. The number of nitrogens with one attached hydrogen (secondary N) is 1. The number of hydrogen-bond donors (Lipinski definition) is 1. The lowest BCUT2D eigenvalue weighted by Gasteiger charge is -2.25. The number of thioether (sulfide) groups is 1. The van der Waals surface area contributed by atoms with E-state index in [0.29, 0.717) is 25.6 Å². The Morgan fingerprint density at radius 3 is 3.00 bits per heavy atom. The number of nitrogens with zero attached hydrogens (tertiary/aromatic N) is 1. The summed E-state index contributed by atoms with van der Waals surface area (Å²) in [7, 11) is 1.86. The Hall–Kier alpha value is -1.20. The molecular weight excluding hydrogens is 284 g/mol. The fourth-order valence-electron chi connectivity index (χ4n) is 2.39. The number of hydrogen-bond acceptors (Lipinski definition) is 4. The average molecular weight is 308 g/mol. The first kappa shape index (κ1) is 16.2. The van der Waals surface area contributed by atoms with Crippen LogP contribution >= 0.6 is 11.8 Å². The summed E-state index contributed by atoms with van der Waals surface area (Å²) in [5.74, 6) is 3.21. The zero-order chi connectivity index (χ0) is 15.1. The fourth-order valence-corrected chi connectivity index (χ4v) is 3.34. The summed E-state index contributed by atoms with van der Waals surface area (Å²) in [6, 6.07) is 8.22. The minimum Gasteiger partial charge on any atom is -0.494 e. The van der Waals surface area contributed by atoms with E-state index < -0.39 is 0 Å². The highest BCUT2D eigenvalue weighted by molar-refractivity contribution is 7.99. The molecule has 0 aromatic heterocycles. The largest absolute Gasteiger partial charge is 0.494 e. The first-order chi connectivity index (χ1) is 10.2. The molecular formula is C16H24N2O2S. The minimum atomic E-state index is 0.182. The van der Waals surface area contributed by atoms with E-state index in [2.05, 4.69) is 5.32 Å². The SMILES string of the molecule is CCOc1ccccc1CN(C)C(=O)CC1CSCCN1. The normalized spacial score (nSPS) is 18.3. The van der Waals surface area contributed by atoms with E-state index in [0.717, 1.165) is 29.4 Å². The molecule has 4 nitrogen and oxygen atoms in total. The fraction of sp³-hybridized carbons (Fsp3) is 0.562. The number of benzene rings is 1. The maximum atomic E-state index is 12.3. The molecule has 1 saturated heterocycles. The Labute approximate surface area is 131 Å². The summed E-state index contributed by atoms with van der Waals surface area (Å²) in [6.07, 6.45) is 0.570. The molecule has 116 valence electrons. The van der Waals surface area contributed by atoms with Crippen LogP contribution in [0.15, 0.2) is 24.3 Å². The van der Waals surface area contributed by atoms with Gasteiger partial charge in [0, 0.05) is 49.7 Å². The Kier molecular flexibility index (Phi) is 6.39. The molecule has 1 aliphatic rings. The van der Waals surface area contributed by atoms with E-state index in [1.54, 1.807) is 4.90 Å². The Morgan fingerprint density at radius 1 is 1.48 bits per heavy atom. The van der Waals surface area contributed by atoms with Crippen molar-refractivity contribution in [2.75, 3.05) is 31.7 Å². The van der Waals surface area contributed by atoms with Crippen LogP contribution in [-0.4, -0.2) is 48.6 Å². The highest BCUT2D eigenvalue weighted by Gasteiger charge is 2.19. The lowest BCUT2D eigenvalue weighted by Crippen LogP contribution is -2.41. The van der Waals surface area contributed by atoms with Crippen LogP contribution in [-0.2, 0) is 11.3 Å². The van der Waals surface area contributed by atoms with Gasteiger partial charge in [0.15, 0.2) is 0 Å². The van der Waals surface area contributed by atoms with Crippen LogP contribution in [0.4, 0.5) is 0 Å². The molecule has 0 spiro atoms. The third kappa shape index (κ3) is 4.93. The summed E-state index contributed by atoms with van der Waals surface area (Å²) >= 11 is 1.92. The second-order valence-electron chi connectivity index (χ2n) is 5.22. The minimum absolute atomic E-state index is 0.182. The van der Waals surface area contributed by atoms with Gasteiger partial charge in [0.05, 0.1) is 6.61 Å². The van der Waals surface area contributed by atoms with Crippen LogP contribution in [0.3, 0.4) is 0 Å². The summed E-state index contributed by atoms with van der Waals surface area (Å²) in [5.41, 5.74) is 1.06. The highest BCUT2D eigenvalue weighted by Crippen LogP contribution is 2.20. The zero-order valence-electron chi connectivity index (χ0n) is 12.8. The predicted molar refractivity (Wildman–Crippen MR) is 87.8 cm³/mol. The van der Waals surface area contributed by atoms with Gasteiger partial charge in [0.25, 0.3) is 0 Å². The van der Waals surface area contributed by atoms with Crippen molar-refractivity contribution in [3.63, 3.8) is 0 Å². The Balaban J connectivity index is 1.90. The van der Waals surface area contributed by atoms with Gasteiger partial charge in [-0.1, -0.05) is 18.2 Å². The average Bonchev–Trinajstić information content (AvgIpc) is 2.50. The summed E-state index contributed by atoms with van der Waals surface area (Å²) in [5, 5.41) is 3.41. The monoisotopic (exact) mass is 308 g/mol. The number of rotatable bonds is 6. The van der Waals surface area contributed by atoms with Gasteiger partial charge in [-0.05, 0) is 13.0 Å². The molecule has 0 bridgehead atoms. The third-order valence-corrected chi connectivity index (χ3v) is 4.66. The molecule has 1 aromatic rings. The first-order valence-corrected chi connectivity index (χ1v) is 8.62. The molecule has 1 unspecified atom stereocenters. The number of ether oxygens (including phenoxy) is 1. The van der Waals surface area contributed by atoms with Gasteiger partial charge in [-0.25, -0.2) is 0 Å². The van der Waals surface area contributed by atoms with Crippen LogP contribution in [0.5, 0.6) is 5.75 Å². The molecule has 1 amide bonds. The van der Waals surface area contributed by atoms with E-state index in [9.17, 15) is 4.79 Å². The van der Waals surface area contributed by atoms with E-state index >= 15 is 0 Å². The number of amides is 1. The molecule has 1 aliphatic heterocycles. The number of carbonyl (C=O) groups is 1. The molecule has 1 aromatic carbocycles. The molecule has 2 rings (SSSR count). The maximum absolute atomic E-state index is 12.3. The van der Waals surface area contributed by atoms with Crippen molar-refractivity contribution in [1.29, 1.82) is 0 Å². The maximum Gasteiger partial charge on any atom is 0.224 e. The van der Waals surface area contributed by atoms with Gasteiger partial charge in [-0.2, -0.15) is 11.8 Å². The van der Waals surface area contributed by atoms with Gasteiger partial charge < -0.3 is 15.0 Å². The lowest BCUT2D eigenvalue weighted by atomic mass is 10.1. The van der Waals surface area contributed by atoms with E-state index in [4.69, 9.17) is 4.74 Å². The number of para-hydroxylation sites is 1. The van der Waals surface area contributed by atoms with Crippen molar-refractivity contribution in [3.05, 3.63) is 29.8 Å². The van der Waals surface area contributed by atoms with Crippen molar-refractivity contribution < 1.29 is 9.53 Å². The molecule has 1 N–H and O–H groups in total. The van der Waals surface area contributed by atoms with Crippen LogP contribution in [0, 0.1) is 0 Å². The summed E-state index contributed by atoms with van der Waals surface area (Å²) in [4.78, 5) is 14.1. The second kappa shape index (κ2) is 8.29. The molecule has 5 heteroatoms. The lowest BCUT2D eigenvalue weighted by molar-refractivity contribution is -0.130. The van der Waals surface area contributed by atoms with Crippen molar-refractivity contribution in [3.8, 4) is 5.75 Å².